The van der Waals surface area contributed by atoms with Crippen molar-refractivity contribution in [2.45, 2.75) is 33.6 Å². The largest absolute Gasteiger partial charge is 0.306 e. The fourth-order valence-electron chi connectivity index (χ4n) is 2.06. The molecule has 0 aromatic rings. The molecule has 0 spiro atoms. The Kier molecular flexibility index (Phi) is 2.58. The van der Waals surface area contributed by atoms with E-state index in [2.05, 4.69) is 32.7 Å². The molecule has 1 rings (SSSR count). The second kappa shape index (κ2) is 3.14. The molecule has 66 valence electrons. The number of nitrogens with zero attached hydrogens (tertiary/aromatic N) is 1. The topological polar surface area (TPSA) is 3.24 Å². The van der Waals surface area contributed by atoms with Crippen LogP contribution in [0.3, 0.4) is 0 Å². The van der Waals surface area contributed by atoms with Gasteiger partial charge in [-0.2, -0.15) is 0 Å². The first-order chi connectivity index (χ1) is 4.97. The van der Waals surface area contributed by atoms with Crippen LogP contribution >= 0.6 is 0 Å². The van der Waals surface area contributed by atoms with Crippen LogP contribution in [0.4, 0.5) is 0 Å². The molecule has 11 heavy (non-hydrogen) atoms. The molecular formula is C10H21N. The summed E-state index contributed by atoms with van der Waals surface area (Å²) in [5, 5.41) is 0. The van der Waals surface area contributed by atoms with Gasteiger partial charge in [0.2, 0.25) is 0 Å². The molecule has 0 unspecified atom stereocenters. The van der Waals surface area contributed by atoms with Crippen LogP contribution in [0.5, 0.6) is 0 Å². The number of hydrogen-bond donors (Lipinski definition) is 0. The fraction of sp³-hybridized carbons (Fsp3) is 1.00. The van der Waals surface area contributed by atoms with Gasteiger partial charge < -0.3 is 4.90 Å². The first kappa shape index (κ1) is 9.05. The summed E-state index contributed by atoms with van der Waals surface area (Å²) >= 11 is 0. The van der Waals surface area contributed by atoms with Gasteiger partial charge in [0.25, 0.3) is 0 Å². The van der Waals surface area contributed by atoms with Crippen LogP contribution in [0.1, 0.15) is 33.6 Å². The molecule has 1 fully saturated rings. The molecule has 1 atom stereocenters. The van der Waals surface area contributed by atoms with E-state index in [0.29, 0.717) is 5.41 Å². The summed E-state index contributed by atoms with van der Waals surface area (Å²) < 4.78 is 0. The van der Waals surface area contributed by atoms with E-state index in [9.17, 15) is 0 Å². The summed E-state index contributed by atoms with van der Waals surface area (Å²) in [4.78, 5) is 2.44. The highest BCUT2D eigenvalue weighted by Crippen LogP contribution is 2.29. The Hall–Kier alpha value is -0.0400. The summed E-state index contributed by atoms with van der Waals surface area (Å²) in [7, 11) is 2.22. The molecule has 1 nitrogen and oxygen atoms in total. The van der Waals surface area contributed by atoms with Crippen LogP contribution < -0.4 is 0 Å². The molecule has 1 heteroatoms. The maximum atomic E-state index is 2.44. The van der Waals surface area contributed by atoms with Crippen LogP contribution in [0.15, 0.2) is 0 Å². The van der Waals surface area contributed by atoms with Gasteiger partial charge in [0.1, 0.15) is 0 Å². The van der Waals surface area contributed by atoms with Gasteiger partial charge in [0.15, 0.2) is 0 Å². The third kappa shape index (κ3) is 3.24. The van der Waals surface area contributed by atoms with Crippen LogP contribution in [0.25, 0.3) is 0 Å². The van der Waals surface area contributed by atoms with Gasteiger partial charge in [-0.25, -0.2) is 0 Å². The van der Waals surface area contributed by atoms with Crippen molar-refractivity contribution < 1.29 is 0 Å². The molecule has 0 bridgehead atoms. The van der Waals surface area contributed by atoms with Crippen molar-refractivity contribution in [2.75, 3.05) is 20.1 Å². The van der Waals surface area contributed by atoms with Crippen molar-refractivity contribution in [1.82, 2.24) is 4.90 Å². The third-order valence-corrected chi connectivity index (χ3v) is 2.39. The standard InChI is InChI=1S/C10H21N/c1-10(2,3)7-9-5-6-11(4)8-9/h9H,5-8H2,1-4H3/t9-/m0/s1. The van der Waals surface area contributed by atoms with E-state index in [0.717, 1.165) is 5.92 Å². The smallest absolute Gasteiger partial charge is 0.000728 e. The van der Waals surface area contributed by atoms with Crippen molar-refractivity contribution in [2.24, 2.45) is 11.3 Å². The number of rotatable bonds is 1. The van der Waals surface area contributed by atoms with E-state index in [1.54, 1.807) is 0 Å². The van der Waals surface area contributed by atoms with Crippen LogP contribution in [0, 0.1) is 11.3 Å². The summed E-state index contributed by atoms with van der Waals surface area (Å²) in [6.45, 7) is 9.64. The summed E-state index contributed by atoms with van der Waals surface area (Å²) in [6.07, 6.45) is 2.80. The second-order valence-corrected chi connectivity index (χ2v) is 5.18. The SMILES string of the molecule is CN1CC[C@@H](CC(C)(C)C)C1. The minimum absolute atomic E-state index is 0.524. The number of hydrogen-bond acceptors (Lipinski definition) is 1. The minimum Gasteiger partial charge on any atom is -0.306 e. The molecule has 0 aromatic carbocycles. The molecule has 0 amide bonds. The van der Waals surface area contributed by atoms with Crippen molar-refractivity contribution in [3.05, 3.63) is 0 Å². The lowest BCUT2D eigenvalue weighted by atomic mass is 9.84. The maximum Gasteiger partial charge on any atom is 0.000728 e. The maximum absolute atomic E-state index is 2.44. The summed E-state index contributed by atoms with van der Waals surface area (Å²) in [6, 6.07) is 0. The van der Waals surface area contributed by atoms with E-state index in [4.69, 9.17) is 0 Å². The Morgan fingerprint density at radius 1 is 1.36 bits per heavy atom. The van der Waals surface area contributed by atoms with Crippen LogP contribution in [-0.2, 0) is 0 Å². The van der Waals surface area contributed by atoms with Gasteiger partial charge in [0.05, 0.1) is 0 Å². The summed E-state index contributed by atoms with van der Waals surface area (Å²) in [5.74, 6) is 0.958. The Balaban J connectivity index is 2.29. The first-order valence-electron chi connectivity index (χ1n) is 4.66. The van der Waals surface area contributed by atoms with E-state index in [-0.39, 0.29) is 0 Å². The lowest BCUT2D eigenvalue weighted by molar-refractivity contribution is 0.289. The van der Waals surface area contributed by atoms with E-state index in [1.807, 2.05) is 0 Å². The predicted molar refractivity (Wildman–Crippen MR) is 49.7 cm³/mol. The lowest BCUT2D eigenvalue weighted by Crippen LogP contribution is -2.17. The van der Waals surface area contributed by atoms with E-state index < -0.39 is 0 Å². The van der Waals surface area contributed by atoms with E-state index >= 15 is 0 Å². The molecule has 0 radical (unpaired) electrons. The molecule has 0 N–H and O–H groups in total. The van der Waals surface area contributed by atoms with Gasteiger partial charge in [-0.1, -0.05) is 20.8 Å². The zero-order valence-corrected chi connectivity index (χ0v) is 8.35. The van der Waals surface area contributed by atoms with Gasteiger partial charge in [0, 0.05) is 6.54 Å². The molecule has 1 saturated heterocycles. The van der Waals surface area contributed by atoms with Crippen molar-refractivity contribution in [3.63, 3.8) is 0 Å². The van der Waals surface area contributed by atoms with Crippen molar-refractivity contribution in [3.8, 4) is 0 Å². The normalized spacial score (nSPS) is 27.8. The van der Waals surface area contributed by atoms with Crippen LogP contribution in [-0.4, -0.2) is 25.0 Å². The monoisotopic (exact) mass is 155 g/mol. The highest BCUT2D eigenvalue weighted by Gasteiger charge is 2.24. The van der Waals surface area contributed by atoms with E-state index in [1.165, 1.54) is 25.9 Å². The Morgan fingerprint density at radius 3 is 2.36 bits per heavy atom. The Bertz CT molecular complexity index is 123. The zero-order valence-electron chi connectivity index (χ0n) is 8.35. The van der Waals surface area contributed by atoms with Gasteiger partial charge in [-0.15, -0.1) is 0 Å². The molecule has 1 aliphatic heterocycles. The molecule has 1 heterocycles. The van der Waals surface area contributed by atoms with Gasteiger partial charge in [-0.05, 0) is 37.8 Å². The minimum atomic E-state index is 0.524. The quantitative estimate of drug-likeness (QED) is 0.562. The lowest BCUT2D eigenvalue weighted by Gasteiger charge is -2.22. The zero-order chi connectivity index (χ0) is 8.48. The predicted octanol–water partition coefficient (Wildman–Crippen LogP) is 2.37. The highest BCUT2D eigenvalue weighted by molar-refractivity contribution is 4.77. The van der Waals surface area contributed by atoms with Crippen LogP contribution in [0.2, 0.25) is 0 Å². The first-order valence-corrected chi connectivity index (χ1v) is 4.66. The molecular weight excluding hydrogens is 134 g/mol. The molecule has 0 aromatic heterocycles. The van der Waals surface area contributed by atoms with Gasteiger partial charge >= 0.3 is 0 Å². The van der Waals surface area contributed by atoms with Gasteiger partial charge in [-0.3, -0.25) is 0 Å². The van der Waals surface area contributed by atoms with Crippen molar-refractivity contribution >= 4 is 0 Å². The average molecular weight is 155 g/mol. The summed E-state index contributed by atoms with van der Waals surface area (Å²) in [5.41, 5.74) is 0.524. The molecule has 0 saturated carbocycles. The molecule has 0 aliphatic carbocycles. The number of likely N-dealkylation sites (tertiary alicyclic amines) is 1. The highest BCUT2D eigenvalue weighted by atomic mass is 15.1. The fourth-order valence-corrected chi connectivity index (χ4v) is 2.06. The average Bonchev–Trinajstić information content (AvgIpc) is 2.10. The Morgan fingerprint density at radius 2 is 2.00 bits per heavy atom. The second-order valence-electron chi connectivity index (χ2n) is 5.18. The molecule has 1 aliphatic rings. The van der Waals surface area contributed by atoms with Crippen molar-refractivity contribution in [1.29, 1.82) is 0 Å². The third-order valence-electron chi connectivity index (χ3n) is 2.39. The Labute approximate surface area is 70.8 Å².